The Morgan fingerprint density at radius 1 is 1.04 bits per heavy atom. The molecule has 4 nitrogen and oxygen atoms in total. The molecule has 3 rings (SSSR count). The number of carbonyl (C=O) groups is 1. The van der Waals surface area contributed by atoms with Gasteiger partial charge in [0.15, 0.2) is 0 Å². The van der Waals surface area contributed by atoms with E-state index in [2.05, 4.69) is 5.32 Å². The molecule has 2 aromatic carbocycles. The van der Waals surface area contributed by atoms with Crippen molar-refractivity contribution in [1.82, 2.24) is 5.32 Å². The van der Waals surface area contributed by atoms with E-state index in [0.717, 1.165) is 22.0 Å². The van der Waals surface area contributed by atoms with Crippen LogP contribution in [0, 0.1) is 5.92 Å². The Kier molecular flexibility index (Phi) is 5.87. The molecule has 1 aliphatic carbocycles. The zero-order chi connectivity index (χ0) is 17.6. The molecule has 0 aliphatic heterocycles. The maximum absolute atomic E-state index is 12.4. The predicted octanol–water partition coefficient (Wildman–Crippen LogP) is 4.06. The topological polar surface area (TPSA) is 47.6 Å². The van der Waals surface area contributed by atoms with Crippen LogP contribution < -0.4 is 14.8 Å². The number of thioether (sulfide) groups is 1. The number of hydrogen-bond donors (Lipinski definition) is 1. The molecule has 0 heterocycles. The Bertz CT molecular complexity index is 696. The highest BCUT2D eigenvalue weighted by Gasteiger charge is 2.33. The van der Waals surface area contributed by atoms with Crippen molar-refractivity contribution in [1.29, 1.82) is 0 Å². The van der Waals surface area contributed by atoms with Gasteiger partial charge in [-0.2, -0.15) is 0 Å². The summed E-state index contributed by atoms with van der Waals surface area (Å²) in [6.45, 7) is 0. The minimum atomic E-state index is 0.0635. The minimum Gasteiger partial charge on any atom is -0.497 e. The first-order valence-corrected chi connectivity index (χ1v) is 9.38. The highest BCUT2D eigenvalue weighted by molar-refractivity contribution is 8.00. The molecule has 1 saturated carbocycles. The van der Waals surface area contributed by atoms with E-state index >= 15 is 0 Å². The van der Waals surface area contributed by atoms with E-state index in [4.69, 9.17) is 9.47 Å². The van der Waals surface area contributed by atoms with Crippen molar-refractivity contribution in [3.8, 4) is 11.5 Å². The summed E-state index contributed by atoms with van der Waals surface area (Å²) in [5.41, 5.74) is 1.14. The summed E-state index contributed by atoms with van der Waals surface area (Å²) in [7, 11) is 3.30. The molecule has 1 amide bonds. The largest absolute Gasteiger partial charge is 0.497 e. The van der Waals surface area contributed by atoms with Crippen LogP contribution in [0.4, 0.5) is 0 Å². The number of carbonyl (C=O) groups excluding carboxylic acids is 1. The molecule has 0 saturated heterocycles. The summed E-state index contributed by atoms with van der Waals surface area (Å²) >= 11 is 1.54. The summed E-state index contributed by atoms with van der Waals surface area (Å²) < 4.78 is 10.4. The average Bonchev–Trinajstić information content (AvgIpc) is 3.50. The lowest BCUT2D eigenvalue weighted by molar-refractivity contribution is -0.119. The standard InChI is InChI=1S/C20H23NO3S/c1-23-16-7-5-15(6-8-16)20(14-3-4-14)21-19(22)13-25-18-11-9-17(24-2)10-12-18/h5-12,14,20H,3-4,13H2,1-2H3,(H,21,22). The van der Waals surface area contributed by atoms with Gasteiger partial charge in [0.05, 0.1) is 26.0 Å². The monoisotopic (exact) mass is 357 g/mol. The first-order chi connectivity index (χ1) is 12.2. The molecule has 1 aliphatic rings. The van der Waals surface area contributed by atoms with Crippen molar-refractivity contribution in [2.45, 2.75) is 23.8 Å². The molecule has 0 aromatic heterocycles. The molecular formula is C20H23NO3S. The van der Waals surface area contributed by atoms with Gasteiger partial charge in [0, 0.05) is 4.90 Å². The molecule has 132 valence electrons. The Labute approximate surface area is 152 Å². The Hall–Kier alpha value is -2.14. The van der Waals surface area contributed by atoms with Gasteiger partial charge in [-0.15, -0.1) is 11.8 Å². The third-order valence-corrected chi connectivity index (χ3v) is 5.33. The van der Waals surface area contributed by atoms with Gasteiger partial charge in [0.1, 0.15) is 11.5 Å². The van der Waals surface area contributed by atoms with Crippen molar-refractivity contribution < 1.29 is 14.3 Å². The number of ether oxygens (including phenoxy) is 2. The molecule has 1 unspecified atom stereocenters. The van der Waals surface area contributed by atoms with E-state index < -0.39 is 0 Å². The smallest absolute Gasteiger partial charge is 0.230 e. The molecule has 1 N–H and O–H groups in total. The third-order valence-electron chi connectivity index (χ3n) is 4.31. The van der Waals surface area contributed by atoms with Crippen LogP contribution >= 0.6 is 11.8 Å². The summed E-state index contributed by atoms with van der Waals surface area (Å²) in [6.07, 6.45) is 2.34. The van der Waals surface area contributed by atoms with Crippen LogP contribution in [0.15, 0.2) is 53.4 Å². The number of rotatable bonds is 8. The van der Waals surface area contributed by atoms with Crippen molar-refractivity contribution in [3.05, 3.63) is 54.1 Å². The average molecular weight is 357 g/mol. The molecule has 0 radical (unpaired) electrons. The molecule has 0 bridgehead atoms. The first kappa shape index (κ1) is 17.7. The van der Waals surface area contributed by atoms with Gasteiger partial charge in [-0.1, -0.05) is 12.1 Å². The maximum atomic E-state index is 12.4. The second kappa shape index (κ2) is 8.30. The van der Waals surface area contributed by atoms with E-state index in [9.17, 15) is 4.79 Å². The Morgan fingerprint density at radius 3 is 2.12 bits per heavy atom. The lowest BCUT2D eigenvalue weighted by atomic mass is 10.0. The minimum absolute atomic E-state index is 0.0635. The number of amides is 1. The fourth-order valence-corrected chi connectivity index (χ4v) is 3.46. The van der Waals surface area contributed by atoms with Crippen LogP contribution in [0.2, 0.25) is 0 Å². The second-order valence-electron chi connectivity index (χ2n) is 6.12. The van der Waals surface area contributed by atoms with Crippen molar-refractivity contribution in [3.63, 3.8) is 0 Å². The van der Waals surface area contributed by atoms with Gasteiger partial charge in [-0.3, -0.25) is 4.79 Å². The molecular weight excluding hydrogens is 334 g/mol. The van der Waals surface area contributed by atoms with E-state index in [1.54, 1.807) is 14.2 Å². The van der Waals surface area contributed by atoms with Crippen LogP contribution in [-0.4, -0.2) is 25.9 Å². The first-order valence-electron chi connectivity index (χ1n) is 8.40. The predicted molar refractivity (Wildman–Crippen MR) is 100 cm³/mol. The van der Waals surface area contributed by atoms with Gasteiger partial charge in [-0.05, 0) is 60.7 Å². The molecule has 5 heteroatoms. The Balaban J connectivity index is 1.56. The van der Waals surface area contributed by atoms with Gasteiger partial charge in [0.2, 0.25) is 5.91 Å². The fourth-order valence-electron chi connectivity index (χ4n) is 2.75. The molecule has 0 spiro atoms. The third kappa shape index (κ3) is 4.92. The van der Waals surface area contributed by atoms with Crippen LogP contribution in [0.25, 0.3) is 0 Å². The maximum Gasteiger partial charge on any atom is 0.230 e. The number of methoxy groups -OCH3 is 2. The summed E-state index contributed by atoms with van der Waals surface area (Å²) in [4.78, 5) is 13.5. The van der Waals surface area contributed by atoms with Gasteiger partial charge < -0.3 is 14.8 Å². The summed E-state index contributed by atoms with van der Waals surface area (Å²) in [5, 5.41) is 3.20. The van der Waals surface area contributed by atoms with Gasteiger partial charge in [-0.25, -0.2) is 0 Å². The van der Waals surface area contributed by atoms with Crippen LogP contribution in [0.1, 0.15) is 24.4 Å². The van der Waals surface area contributed by atoms with Crippen molar-refractivity contribution in [2.75, 3.05) is 20.0 Å². The van der Waals surface area contributed by atoms with Crippen LogP contribution in [0.5, 0.6) is 11.5 Å². The molecule has 1 fully saturated rings. The van der Waals surface area contributed by atoms with Gasteiger partial charge >= 0.3 is 0 Å². The van der Waals surface area contributed by atoms with Crippen LogP contribution in [0.3, 0.4) is 0 Å². The molecule has 25 heavy (non-hydrogen) atoms. The van der Waals surface area contributed by atoms with Crippen molar-refractivity contribution in [2.24, 2.45) is 5.92 Å². The quantitative estimate of drug-likeness (QED) is 0.724. The van der Waals surface area contributed by atoms with E-state index in [1.807, 2.05) is 48.5 Å². The van der Waals surface area contributed by atoms with E-state index in [0.29, 0.717) is 11.7 Å². The fraction of sp³-hybridized carbons (Fsp3) is 0.350. The zero-order valence-electron chi connectivity index (χ0n) is 14.5. The van der Waals surface area contributed by atoms with Crippen LogP contribution in [-0.2, 0) is 4.79 Å². The lowest BCUT2D eigenvalue weighted by Crippen LogP contribution is -2.31. The number of hydrogen-bond acceptors (Lipinski definition) is 4. The second-order valence-corrected chi connectivity index (χ2v) is 7.17. The number of nitrogens with one attached hydrogen (secondary N) is 1. The Morgan fingerprint density at radius 2 is 1.60 bits per heavy atom. The summed E-state index contributed by atoms with van der Waals surface area (Å²) in [6, 6.07) is 15.8. The van der Waals surface area contributed by atoms with E-state index in [-0.39, 0.29) is 11.9 Å². The molecule has 1 atom stereocenters. The molecule has 2 aromatic rings. The van der Waals surface area contributed by atoms with Crippen molar-refractivity contribution >= 4 is 17.7 Å². The van der Waals surface area contributed by atoms with Gasteiger partial charge in [0.25, 0.3) is 0 Å². The zero-order valence-corrected chi connectivity index (χ0v) is 15.3. The normalized spacial score (nSPS) is 14.6. The summed E-state index contributed by atoms with van der Waals surface area (Å²) in [5.74, 6) is 2.67. The highest BCUT2D eigenvalue weighted by atomic mass is 32.2. The number of benzene rings is 2. The SMILES string of the molecule is COc1ccc(SCC(=O)NC(c2ccc(OC)cc2)C2CC2)cc1. The van der Waals surface area contributed by atoms with E-state index in [1.165, 1.54) is 24.6 Å². The highest BCUT2D eigenvalue weighted by Crippen LogP contribution is 2.41. The lowest BCUT2D eigenvalue weighted by Gasteiger charge is -2.19.